The zero-order valence-electron chi connectivity index (χ0n) is 7.07. The quantitative estimate of drug-likeness (QED) is 0.607. The molecule has 0 aliphatic rings. The number of fused-ring (bicyclic) bond motifs is 1. The van der Waals surface area contributed by atoms with Gasteiger partial charge in [0, 0.05) is 0 Å². The van der Waals surface area contributed by atoms with Gasteiger partial charge in [-0.05, 0) is 12.1 Å². The van der Waals surface area contributed by atoms with E-state index >= 15 is 0 Å². The van der Waals surface area contributed by atoms with Crippen LogP contribution in [-0.2, 0) is 6.42 Å². The van der Waals surface area contributed by atoms with E-state index in [1.54, 1.807) is 6.20 Å². The Kier molecular flexibility index (Phi) is 1.93. The van der Waals surface area contributed by atoms with Crippen molar-refractivity contribution in [1.29, 1.82) is 0 Å². The Morgan fingerprint density at radius 2 is 2.00 bits per heavy atom. The molecule has 0 bridgehead atoms. The molecule has 0 aliphatic carbocycles. The molecule has 0 unspecified atom stereocenters. The summed E-state index contributed by atoms with van der Waals surface area (Å²) in [6.45, 7) is 0. The maximum Gasteiger partial charge on any atom is 0.0890 e. The Balaban J connectivity index is 2.57. The maximum atomic E-state index is 5.19. The minimum Gasteiger partial charge on any atom is -0.253 e. The number of nitrogens with zero attached hydrogens (tertiary/aromatic N) is 2. The van der Waals surface area contributed by atoms with E-state index in [1.807, 2.05) is 24.3 Å². The molecule has 2 rings (SSSR count). The van der Waals surface area contributed by atoms with Gasteiger partial charge in [-0.2, -0.15) is 0 Å². The monoisotopic (exact) mass is 168 g/mol. The lowest BCUT2D eigenvalue weighted by molar-refractivity contribution is 1.12. The standard InChI is InChI=1S/C11H8N2/c1-2-5-9-8-12-10-6-3-4-7-11(10)13-9/h1,3-4,6-8H,5H2. The summed E-state index contributed by atoms with van der Waals surface area (Å²) in [5.74, 6) is 2.55. The van der Waals surface area contributed by atoms with Gasteiger partial charge in [0.2, 0.25) is 0 Å². The molecule has 62 valence electrons. The van der Waals surface area contributed by atoms with E-state index in [9.17, 15) is 0 Å². The average molecular weight is 168 g/mol. The van der Waals surface area contributed by atoms with E-state index in [-0.39, 0.29) is 0 Å². The topological polar surface area (TPSA) is 25.8 Å². The van der Waals surface area contributed by atoms with E-state index < -0.39 is 0 Å². The molecule has 13 heavy (non-hydrogen) atoms. The van der Waals surface area contributed by atoms with Crippen LogP contribution in [0.4, 0.5) is 0 Å². The summed E-state index contributed by atoms with van der Waals surface area (Å²) in [4.78, 5) is 8.60. The molecule has 0 N–H and O–H groups in total. The second-order valence-electron chi connectivity index (χ2n) is 2.73. The lowest BCUT2D eigenvalue weighted by atomic mass is 10.2. The van der Waals surface area contributed by atoms with Crippen LogP contribution in [0.25, 0.3) is 11.0 Å². The van der Waals surface area contributed by atoms with Crippen LogP contribution in [0.15, 0.2) is 30.5 Å². The van der Waals surface area contributed by atoms with Crippen molar-refractivity contribution >= 4 is 11.0 Å². The molecule has 0 atom stereocenters. The summed E-state index contributed by atoms with van der Waals surface area (Å²) in [5.41, 5.74) is 2.65. The molecular formula is C11H8N2. The summed E-state index contributed by atoms with van der Waals surface area (Å²) >= 11 is 0. The largest absolute Gasteiger partial charge is 0.253 e. The maximum absolute atomic E-state index is 5.19. The fourth-order valence-electron chi connectivity index (χ4n) is 1.19. The molecule has 1 heterocycles. The van der Waals surface area contributed by atoms with Gasteiger partial charge in [0.15, 0.2) is 0 Å². The predicted octanol–water partition coefficient (Wildman–Crippen LogP) is 1.81. The Labute approximate surface area is 76.6 Å². The molecule has 1 aromatic heterocycles. The second kappa shape index (κ2) is 3.24. The molecule has 2 aromatic rings. The van der Waals surface area contributed by atoms with Crippen LogP contribution in [-0.4, -0.2) is 9.97 Å². The second-order valence-corrected chi connectivity index (χ2v) is 2.73. The third-order valence-corrected chi connectivity index (χ3v) is 1.78. The van der Waals surface area contributed by atoms with Crippen molar-refractivity contribution in [3.63, 3.8) is 0 Å². The number of para-hydroxylation sites is 2. The molecule has 0 amide bonds. The predicted molar refractivity (Wildman–Crippen MR) is 52.1 cm³/mol. The van der Waals surface area contributed by atoms with Crippen LogP contribution in [0.5, 0.6) is 0 Å². The number of benzene rings is 1. The van der Waals surface area contributed by atoms with Crippen molar-refractivity contribution in [3.8, 4) is 12.3 Å². The highest BCUT2D eigenvalue weighted by atomic mass is 14.8. The van der Waals surface area contributed by atoms with E-state index in [4.69, 9.17) is 6.42 Å². The molecular weight excluding hydrogens is 160 g/mol. The smallest absolute Gasteiger partial charge is 0.0890 e. The van der Waals surface area contributed by atoms with Gasteiger partial charge in [0.1, 0.15) is 0 Å². The van der Waals surface area contributed by atoms with Crippen LogP contribution < -0.4 is 0 Å². The van der Waals surface area contributed by atoms with Crippen LogP contribution in [0.3, 0.4) is 0 Å². The molecule has 0 fully saturated rings. The van der Waals surface area contributed by atoms with Crippen molar-refractivity contribution in [2.75, 3.05) is 0 Å². The Morgan fingerprint density at radius 1 is 1.23 bits per heavy atom. The van der Waals surface area contributed by atoms with Gasteiger partial charge < -0.3 is 0 Å². The highest BCUT2D eigenvalue weighted by Gasteiger charge is 1.96. The number of rotatable bonds is 1. The van der Waals surface area contributed by atoms with Gasteiger partial charge in [-0.25, -0.2) is 4.98 Å². The molecule has 0 radical (unpaired) electrons. The van der Waals surface area contributed by atoms with Crippen molar-refractivity contribution in [3.05, 3.63) is 36.2 Å². The lowest BCUT2D eigenvalue weighted by Gasteiger charge is -1.97. The van der Waals surface area contributed by atoms with Crippen molar-refractivity contribution in [2.45, 2.75) is 6.42 Å². The summed E-state index contributed by atoms with van der Waals surface area (Å²) in [7, 11) is 0. The van der Waals surface area contributed by atoms with Crippen molar-refractivity contribution < 1.29 is 0 Å². The van der Waals surface area contributed by atoms with Crippen molar-refractivity contribution in [2.24, 2.45) is 0 Å². The summed E-state index contributed by atoms with van der Waals surface area (Å²) in [6.07, 6.45) is 7.45. The van der Waals surface area contributed by atoms with Gasteiger partial charge in [0.25, 0.3) is 0 Å². The van der Waals surface area contributed by atoms with Gasteiger partial charge in [0.05, 0.1) is 29.3 Å². The molecule has 0 saturated carbocycles. The molecule has 0 spiro atoms. The number of terminal acetylenes is 1. The van der Waals surface area contributed by atoms with Gasteiger partial charge in [-0.3, -0.25) is 4.98 Å². The number of hydrogen-bond acceptors (Lipinski definition) is 2. The normalized spacial score (nSPS) is 9.77. The molecule has 0 aliphatic heterocycles. The van der Waals surface area contributed by atoms with E-state index in [0.717, 1.165) is 16.7 Å². The van der Waals surface area contributed by atoms with E-state index in [2.05, 4.69) is 15.9 Å². The van der Waals surface area contributed by atoms with Gasteiger partial charge >= 0.3 is 0 Å². The van der Waals surface area contributed by atoms with Crippen LogP contribution in [0.2, 0.25) is 0 Å². The third-order valence-electron chi connectivity index (χ3n) is 1.78. The molecule has 0 saturated heterocycles. The van der Waals surface area contributed by atoms with Crippen molar-refractivity contribution in [1.82, 2.24) is 9.97 Å². The lowest BCUT2D eigenvalue weighted by Crippen LogP contribution is -1.90. The summed E-state index contributed by atoms with van der Waals surface area (Å²) in [5, 5.41) is 0. The first-order valence-corrected chi connectivity index (χ1v) is 4.04. The first-order valence-electron chi connectivity index (χ1n) is 4.04. The fraction of sp³-hybridized carbons (Fsp3) is 0.0909. The summed E-state index contributed by atoms with van der Waals surface area (Å²) in [6, 6.07) is 7.75. The highest BCUT2D eigenvalue weighted by molar-refractivity contribution is 5.73. The van der Waals surface area contributed by atoms with Crippen LogP contribution in [0.1, 0.15) is 5.69 Å². The Bertz CT molecular complexity index is 469. The zero-order chi connectivity index (χ0) is 9.10. The highest BCUT2D eigenvalue weighted by Crippen LogP contribution is 2.08. The molecule has 2 nitrogen and oxygen atoms in total. The SMILES string of the molecule is C#CCc1cnc2ccccc2n1. The Morgan fingerprint density at radius 3 is 2.77 bits per heavy atom. The van der Waals surface area contributed by atoms with Gasteiger partial charge in [-0.15, -0.1) is 12.3 Å². The van der Waals surface area contributed by atoms with Gasteiger partial charge in [-0.1, -0.05) is 12.1 Å². The number of aromatic nitrogens is 2. The first-order chi connectivity index (χ1) is 6.40. The minimum absolute atomic E-state index is 0.540. The van der Waals surface area contributed by atoms with E-state index in [0.29, 0.717) is 6.42 Å². The fourth-order valence-corrected chi connectivity index (χ4v) is 1.19. The molecule has 2 heteroatoms. The average Bonchev–Trinajstić information content (AvgIpc) is 2.18. The van der Waals surface area contributed by atoms with Crippen LogP contribution in [0, 0.1) is 12.3 Å². The minimum atomic E-state index is 0.540. The number of hydrogen-bond donors (Lipinski definition) is 0. The first kappa shape index (κ1) is 7.75. The van der Waals surface area contributed by atoms with E-state index in [1.165, 1.54) is 0 Å². The molecule has 1 aromatic carbocycles. The summed E-state index contributed by atoms with van der Waals surface area (Å²) < 4.78 is 0. The Hall–Kier alpha value is -1.88. The van der Waals surface area contributed by atoms with Crippen LogP contribution >= 0.6 is 0 Å². The zero-order valence-corrected chi connectivity index (χ0v) is 7.07. The third kappa shape index (κ3) is 1.50.